The van der Waals surface area contributed by atoms with Crippen LogP contribution in [0.2, 0.25) is 0 Å². The smallest absolute Gasteiger partial charge is 0.325 e. The predicted octanol–water partition coefficient (Wildman–Crippen LogP) is 2.33. The summed E-state index contributed by atoms with van der Waals surface area (Å²) in [6.07, 6.45) is -0.270. The van der Waals surface area contributed by atoms with Crippen molar-refractivity contribution in [1.29, 1.82) is 0 Å². The molecular formula is C22H24N2O7S2. The van der Waals surface area contributed by atoms with Crippen molar-refractivity contribution in [1.82, 2.24) is 4.57 Å². The second kappa shape index (κ2) is 10.6. The van der Waals surface area contributed by atoms with Gasteiger partial charge in [0, 0.05) is 18.6 Å². The van der Waals surface area contributed by atoms with E-state index in [1.807, 2.05) is 0 Å². The van der Waals surface area contributed by atoms with Gasteiger partial charge in [0.15, 0.2) is 26.1 Å². The Morgan fingerprint density at radius 2 is 1.70 bits per heavy atom. The van der Waals surface area contributed by atoms with Gasteiger partial charge in [-0.05, 0) is 5.56 Å². The van der Waals surface area contributed by atoms with Gasteiger partial charge >= 0.3 is 5.97 Å². The molecule has 2 aromatic carbocycles. The zero-order valence-electron chi connectivity index (χ0n) is 18.4. The molecule has 0 saturated heterocycles. The SMILES string of the molecule is COC(=O)Cn1c(=NC(=O)CCS(=O)(=O)Cc2ccccc2)sc2cc(OC)c(OC)cc21. The Hall–Kier alpha value is -3.18. The van der Waals surface area contributed by atoms with Crippen LogP contribution in [0.5, 0.6) is 11.5 Å². The van der Waals surface area contributed by atoms with Crippen LogP contribution in [0.25, 0.3) is 10.2 Å². The van der Waals surface area contributed by atoms with Crippen LogP contribution in [-0.4, -0.2) is 51.9 Å². The van der Waals surface area contributed by atoms with E-state index >= 15 is 0 Å². The summed E-state index contributed by atoms with van der Waals surface area (Å²) in [5.41, 5.74) is 1.26. The molecule has 0 aliphatic heterocycles. The van der Waals surface area contributed by atoms with Crippen molar-refractivity contribution in [2.45, 2.75) is 18.7 Å². The molecule has 1 aromatic heterocycles. The zero-order valence-corrected chi connectivity index (χ0v) is 20.1. The van der Waals surface area contributed by atoms with Gasteiger partial charge in [-0.3, -0.25) is 9.59 Å². The Bertz CT molecular complexity index is 1330. The van der Waals surface area contributed by atoms with Crippen molar-refractivity contribution < 1.29 is 32.2 Å². The van der Waals surface area contributed by atoms with E-state index in [1.54, 1.807) is 42.5 Å². The molecule has 0 fully saturated rings. The maximum absolute atomic E-state index is 12.5. The highest BCUT2D eigenvalue weighted by molar-refractivity contribution is 7.90. The first-order valence-electron chi connectivity index (χ1n) is 9.90. The standard InChI is InChI=1S/C22H24N2O7S2/c1-29-17-11-16-19(12-18(17)30-2)32-22(24(16)13-21(26)31-3)23-20(25)9-10-33(27,28)14-15-7-5-4-6-8-15/h4-8,11-12H,9-10,13-14H2,1-3H3. The largest absolute Gasteiger partial charge is 0.493 e. The molecule has 176 valence electrons. The molecule has 0 bridgehead atoms. The van der Waals surface area contributed by atoms with E-state index in [9.17, 15) is 18.0 Å². The summed E-state index contributed by atoms with van der Waals surface area (Å²) in [5.74, 6) is -0.660. The number of thiazole rings is 1. The van der Waals surface area contributed by atoms with Gasteiger partial charge in [0.1, 0.15) is 6.54 Å². The number of nitrogens with zero attached hydrogens (tertiary/aromatic N) is 2. The lowest BCUT2D eigenvalue weighted by Crippen LogP contribution is -2.23. The number of sulfone groups is 1. The predicted molar refractivity (Wildman–Crippen MR) is 124 cm³/mol. The van der Waals surface area contributed by atoms with E-state index in [1.165, 1.54) is 37.2 Å². The maximum atomic E-state index is 12.5. The Morgan fingerprint density at radius 3 is 2.33 bits per heavy atom. The monoisotopic (exact) mass is 492 g/mol. The molecule has 33 heavy (non-hydrogen) atoms. The van der Waals surface area contributed by atoms with E-state index in [0.717, 1.165) is 0 Å². The molecule has 1 heterocycles. The van der Waals surface area contributed by atoms with E-state index < -0.39 is 21.7 Å². The lowest BCUT2D eigenvalue weighted by Gasteiger charge is -2.09. The van der Waals surface area contributed by atoms with Crippen molar-refractivity contribution in [2.24, 2.45) is 4.99 Å². The molecule has 0 unspecified atom stereocenters. The molecule has 0 radical (unpaired) electrons. The third-order valence-corrected chi connectivity index (χ3v) is 7.42. The minimum Gasteiger partial charge on any atom is -0.493 e. The van der Waals surface area contributed by atoms with Crippen LogP contribution in [0.3, 0.4) is 0 Å². The van der Waals surface area contributed by atoms with Gasteiger partial charge in [-0.1, -0.05) is 41.7 Å². The van der Waals surface area contributed by atoms with Crippen LogP contribution in [0.4, 0.5) is 0 Å². The molecule has 3 rings (SSSR count). The summed E-state index contributed by atoms with van der Waals surface area (Å²) in [6.45, 7) is -0.176. The summed E-state index contributed by atoms with van der Waals surface area (Å²) in [5, 5.41) is 0. The average molecular weight is 493 g/mol. The fraction of sp³-hybridized carbons (Fsp3) is 0.318. The fourth-order valence-electron chi connectivity index (χ4n) is 3.13. The highest BCUT2D eigenvalue weighted by Gasteiger charge is 2.17. The maximum Gasteiger partial charge on any atom is 0.325 e. The first kappa shape index (κ1) is 24.5. The van der Waals surface area contributed by atoms with Crippen LogP contribution in [0, 0.1) is 0 Å². The number of rotatable bonds is 9. The van der Waals surface area contributed by atoms with Gasteiger partial charge in [-0.25, -0.2) is 8.42 Å². The van der Waals surface area contributed by atoms with Crippen molar-refractivity contribution in [3.8, 4) is 11.5 Å². The van der Waals surface area contributed by atoms with E-state index in [4.69, 9.17) is 14.2 Å². The molecule has 9 nitrogen and oxygen atoms in total. The molecule has 11 heteroatoms. The number of ether oxygens (including phenoxy) is 3. The van der Waals surface area contributed by atoms with Crippen LogP contribution in [-0.2, 0) is 36.5 Å². The Kier molecular flexibility index (Phi) is 7.88. The Labute approximate surface area is 195 Å². The molecule has 0 atom stereocenters. The first-order chi connectivity index (χ1) is 15.8. The molecule has 0 aliphatic rings. The molecule has 0 aliphatic carbocycles. The number of methoxy groups -OCH3 is 3. The third-order valence-electron chi connectivity index (χ3n) is 4.78. The molecule has 1 amide bonds. The van der Waals surface area contributed by atoms with Gasteiger partial charge in [0.05, 0.1) is 43.1 Å². The Balaban J connectivity index is 1.90. The second-order valence-electron chi connectivity index (χ2n) is 7.06. The Morgan fingerprint density at radius 1 is 1.03 bits per heavy atom. The first-order valence-corrected chi connectivity index (χ1v) is 12.5. The number of amides is 1. The normalized spacial score (nSPS) is 12.0. The number of aromatic nitrogens is 1. The lowest BCUT2D eigenvalue weighted by atomic mass is 10.2. The topological polar surface area (TPSA) is 113 Å². The summed E-state index contributed by atoms with van der Waals surface area (Å²) < 4.78 is 42.5. The summed E-state index contributed by atoms with van der Waals surface area (Å²) >= 11 is 1.17. The summed E-state index contributed by atoms with van der Waals surface area (Å²) in [6, 6.07) is 12.2. The summed E-state index contributed by atoms with van der Waals surface area (Å²) in [4.78, 5) is 28.8. The van der Waals surface area contributed by atoms with Gasteiger partial charge in [-0.15, -0.1) is 0 Å². The number of fused-ring (bicyclic) bond motifs is 1. The molecule has 0 spiro atoms. The van der Waals surface area contributed by atoms with Gasteiger partial charge in [-0.2, -0.15) is 4.99 Å². The average Bonchev–Trinajstić information content (AvgIpc) is 3.12. The van der Waals surface area contributed by atoms with Crippen molar-refractivity contribution in [3.05, 3.63) is 52.8 Å². The highest BCUT2D eigenvalue weighted by atomic mass is 32.2. The number of benzene rings is 2. The van der Waals surface area contributed by atoms with Crippen molar-refractivity contribution in [3.63, 3.8) is 0 Å². The minimum atomic E-state index is -3.49. The van der Waals surface area contributed by atoms with Crippen LogP contribution in [0.15, 0.2) is 47.5 Å². The molecule has 0 N–H and O–H groups in total. The van der Waals surface area contributed by atoms with Gasteiger partial charge in [0.25, 0.3) is 0 Å². The molecule has 3 aromatic rings. The van der Waals surface area contributed by atoms with E-state index in [2.05, 4.69) is 4.99 Å². The third kappa shape index (κ3) is 6.20. The lowest BCUT2D eigenvalue weighted by molar-refractivity contribution is -0.141. The number of esters is 1. The number of hydrogen-bond donors (Lipinski definition) is 0. The molecule has 0 saturated carbocycles. The van der Waals surface area contributed by atoms with E-state index in [-0.39, 0.29) is 29.3 Å². The minimum absolute atomic E-state index is 0.147. The summed E-state index contributed by atoms with van der Waals surface area (Å²) in [7, 11) is 0.771. The fourth-order valence-corrected chi connectivity index (χ4v) is 5.52. The number of carbonyl (C=O) groups is 2. The number of hydrogen-bond acceptors (Lipinski definition) is 8. The van der Waals surface area contributed by atoms with Crippen LogP contribution >= 0.6 is 11.3 Å². The van der Waals surface area contributed by atoms with Crippen molar-refractivity contribution >= 4 is 43.3 Å². The second-order valence-corrected chi connectivity index (χ2v) is 10.2. The van der Waals surface area contributed by atoms with Crippen LogP contribution in [0.1, 0.15) is 12.0 Å². The van der Waals surface area contributed by atoms with Crippen molar-refractivity contribution in [2.75, 3.05) is 27.1 Å². The van der Waals surface area contributed by atoms with Crippen LogP contribution < -0.4 is 14.3 Å². The number of carbonyl (C=O) groups excluding carboxylic acids is 2. The molecular weight excluding hydrogens is 468 g/mol. The zero-order chi connectivity index (χ0) is 24.0. The highest BCUT2D eigenvalue weighted by Crippen LogP contribution is 2.33. The van der Waals surface area contributed by atoms with Gasteiger partial charge in [0.2, 0.25) is 5.91 Å². The van der Waals surface area contributed by atoms with E-state index in [0.29, 0.717) is 27.3 Å². The van der Waals surface area contributed by atoms with Gasteiger partial charge < -0.3 is 18.8 Å². The quantitative estimate of drug-likeness (QED) is 0.421.